The minimum absolute atomic E-state index is 0.0252. The number of aromatic nitrogens is 4. The van der Waals surface area contributed by atoms with Gasteiger partial charge in [-0.05, 0) is 48.5 Å². The molecule has 0 aliphatic rings. The van der Waals surface area contributed by atoms with E-state index in [0.29, 0.717) is 28.1 Å². The lowest BCUT2D eigenvalue weighted by atomic mass is 10.1. The second-order valence-corrected chi connectivity index (χ2v) is 12.4. The predicted octanol–water partition coefficient (Wildman–Crippen LogP) is 11.8. The standard InChI is InChI=1S/C45H26N4O2/c1-3-12-27(13-4-1)43-46-44(28-14-5-2-6-15-28)48-45(47-43)29-22-23-33-39(26-29)50-38-21-11-19-35(40(33)38)49-34-18-9-7-17-32(34)41-36(49)25-24-31-30-16-8-10-20-37(30)51-42(31)41/h1-26H/i1D,3D,4D,12D,13D. The van der Waals surface area contributed by atoms with E-state index >= 15 is 0 Å². The van der Waals surface area contributed by atoms with Crippen molar-refractivity contribution in [2.24, 2.45) is 0 Å². The molecule has 51 heavy (non-hydrogen) atoms. The van der Waals surface area contributed by atoms with Gasteiger partial charge in [0.1, 0.15) is 22.3 Å². The van der Waals surface area contributed by atoms with Gasteiger partial charge in [0.15, 0.2) is 17.5 Å². The highest BCUT2D eigenvalue weighted by Crippen LogP contribution is 2.43. The fourth-order valence-electron chi connectivity index (χ4n) is 7.32. The summed E-state index contributed by atoms with van der Waals surface area (Å²) in [5.74, 6) is 0.539. The third kappa shape index (κ3) is 4.20. The molecule has 6 nitrogen and oxygen atoms in total. The van der Waals surface area contributed by atoms with Gasteiger partial charge in [-0.1, -0.05) is 109 Å². The number of benzene rings is 7. The van der Waals surface area contributed by atoms with Gasteiger partial charge in [0.25, 0.3) is 0 Å². The zero-order valence-corrected chi connectivity index (χ0v) is 26.7. The summed E-state index contributed by atoms with van der Waals surface area (Å²) in [6.45, 7) is 0. The fourth-order valence-corrected chi connectivity index (χ4v) is 7.32. The number of para-hydroxylation sites is 2. The first kappa shape index (κ1) is 23.3. The monoisotopic (exact) mass is 659 g/mol. The van der Waals surface area contributed by atoms with Crippen LogP contribution in [0, 0.1) is 0 Å². The van der Waals surface area contributed by atoms with E-state index in [0.717, 1.165) is 60.2 Å². The summed E-state index contributed by atoms with van der Waals surface area (Å²) >= 11 is 0. The third-order valence-corrected chi connectivity index (χ3v) is 9.55. The summed E-state index contributed by atoms with van der Waals surface area (Å²) in [5, 5.41) is 6.09. The molecule has 11 aromatic rings. The van der Waals surface area contributed by atoms with Gasteiger partial charge in [0, 0.05) is 38.2 Å². The van der Waals surface area contributed by atoms with Crippen LogP contribution in [0.15, 0.2) is 166 Å². The SMILES string of the molecule is [2H]c1c([2H])c([2H])c(-c2nc(-c3ccccc3)nc(-c3ccc4c(c3)oc3cccc(-n5c6ccccc6c6c7oc8ccccc8c7ccc65)c34)n2)c([2H])c1[2H]. The Kier molecular flexibility index (Phi) is 4.91. The molecule has 0 N–H and O–H groups in total. The summed E-state index contributed by atoms with van der Waals surface area (Å²) in [6.07, 6.45) is 0. The molecule has 0 aliphatic carbocycles. The lowest BCUT2D eigenvalue weighted by molar-refractivity contribution is 0.669. The number of nitrogens with zero attached hydrogens (tertiary/aromatic N) is 4. The molecule has 0 radical (unpaired) electrons. The van der Waals surface area contributed by atoms with Gasteiger partial charge < -0.3 is 13.4 Å². The first-order chi connectivity index (χ1) is 27.4. The molecule has 238 valence electrons. The molecule has 11 rings (SSSR count). The lowest BCUT2D eigenvalue weighted by Gasteiger charge is -2.10. The van der Waals surface area contributed by atoms with Crippen LogP contribution in [0.5, 0.6) is 0 Å². The number of furan rings is 2. The molecule has 0 fully saturated rings. The quantitative estimate of drug-likeness (QED) is 0.188. The first-order valence-electron chi connectivity index (χ1n) is 19.0. The van der Waals surface area contributed by atoms with Crippen molar-refractivity contribution in [3.05, 3.63) is 158 Å². The second kappa shape index (κ2) is 10.7. The normalized spacial score (nSPS) is 13.3. The highest BCUT2D eigenvalue weighted by Gasteiger charge is 2.22. The Balaban J connectivity index is 1.13. The lowest BCUT2D eigenvalue weighted by Crippen LogP contribution is -2.00. The van der Waals surface area contributed by atoms with Crippen molar-refractivity contribution < 1.29 is 15.7 Å². The van der Waals surface area contributed by atoms with E-state index < -0.39 is 30.2 Å². The van der Waals surface area contributed by atoms with Crippen LogP contribution in [0.3, 0.4) is 0 Å². The maximum atomic E-state index is 8.64. The van der Waals surface area contributed by atoms with Gasteiger partial charge in [-0.15, -0.1) is 0 Å². The van der Waals surface area contributed by atoms with E-state index in [9.17, 15) is 0 Å². The zero-order valence-electron chi connectivity index (χ0n) is 31.7. The fraction of sp³-hybridized carbons (Fsp3) is 0. The van der Waals surface area contributed by atoms with E-state index in [1.807, 2.05) is 84.9 Å². The third-order valence-electron chi connectivity index (χ3n) is 9.55. The first-order valence-corrected chi connectivity index (χ1v) is 16.5. The maximum absolute atomic E-state index is 8.64. The molecule has 0 spiro atoms. The Bertz CT molecular complexity index is 3420. The van der Waals surface area contributed by atoms with Gasteiger partial charge in [-0.3, -0.25) is 0 Å². The highest BCUT2D eigenvalue weighted by molar-refractivity contribution is 6.24. The molecule has 0 bridgehead atoms. The Morgan fingerprint density at radius 1 is 0.451 bits per heavy atom. The minimum Gasteiger partial charge on any atom is -0.456 e. The van der Waals surface area contributed by atoms with Crippen molar-refractivity contribution >= 4 is 65.7 Å². The minimum atomic E-state index is -0.486. The van der Waals surface area contributed by atoms with Crippen molar-refractivity contribution in [1.82, 2.24) is 19.5 Å². The van der Waals surface area contributed by atoms with Gasteiger partial charge >= 0.3 is 0 Å². The molecule has 7 aromatic carbocycles. The van der Waals surface area contributed by atoms with Crippen molar-refractivity contribution in [3.8, 4) is 39.9 Å². The van der Waals surface area contributed by atoms with Crippen LogP contribution in [-0.2, 0) is 0 Å². The summed E-state index contributed by atoms with van der Waals surface area (Å²) in [6, 6.07) is 39.7. The Morgan fingerprint density at radius 3 is 2.02 bits per heavy atom. The Labute approximate surface area is 297 Å². The van der Waals surface area contributed by atoms with E-state index in [-0.39, 0.29) is 17.2 Å². The van der Waals surface area contributed by atoms with Crippen molar-refractivity contribution in [2.75, 3.05) is 0 Å². The van der Waals surface area contributed by atoms with Crippen molar-refractivity contribution in [2.45, 2.75) is 0 Å². The molecule has 4 heterocycles. The number of rotatable bonds is 4. The molecule has 4 aromatic heterocycles. The molecule has 0 aliphatic heterocycles. The molecule has 0 atom stereocenters. The van der Waals surface area contributed by atoms with Gasteiger partial charge in [0.2, 0.25) is 0 Å². The van der Waals surface area contributed by atoms with E-state index in [4.69, 9.17) is 25.7 Å². The van der Waals surface area contributed by atoms with Crippen LogP contribution in [-0.4, -0.2) is 19.5 Å². The molecule has 0 saturated carbocycles. The van der Waals surface area contributed by atoms with E-state index in [1.165, 1.54) is 0 Å². The molecule has 0 amide bonds. The van der Waals surface area contributed by atoms with E-state index in [2.05, 4.69) is 52.0 Å². The topological polar surface area (TPSA) is 69.9 Å². The van der Waals surface area contributed by atoms with Crippen LogP contribution in [0.4, 0.5) is 0 Å². The largest absolute Gasteiger partial charge is 0.456 e. The van der Waals surface area contributed by atoms with Crippen molar-refractivity contribution in [1.29, 1.82) is 0 Å². The number of hydrogen-bond acceptors (Lipinski definition) is 5. The summed E-state index contributed by atoms with van der Waals surface area (Å²) in [5.41, 5.74) is 7.19. The average molecular weight is 660 g/mol. The van der Waals surface area contributed by atoms with E-state index in [1.54, 1.807) is 0 Å². The number of fused-ring (bicyclic) bond motifs is 10. The zero-order chi connectivity index (χ0) is 37.8. The van der Waals surface area contributed by atoms with Crippen LogP contribution in [0.25, 0.3) is 106 Å². The van der Waals surface area contributed by atoms with Crippen molar-refractivity contribution in [3.63, 3.8) is 0 Å². The smallest absolute Gasteiger partial charge is 0.164 e. The summed E-state index contributed by atoms with van der Waals surface area (Å²) in [4.78, 5) is 14.2. The average Bonchev–Trinajstić information content (AvgIpc) is 3.92. The summed E-state index contributed by atoms with van der Waals surface area (Å²) < 4.78 is 57.3. The Hall–Kier alpha value is -7.05. The molecular formula is C45H26N4O2. The van der Waals surface area contributed by atoms with Gasteiger partial charge in [0.05, 0.1) is 34.3 Å². The Morgan fingerprint density at radius 2 is 1.16 bits per heavy atom. The molecule has 0 unspecified atom stereocenters. The van der Waals surface area contributed by atoms with Crippen LogP contribution < -0.4 is 0 Å². The van der Waals surface area contributed by atoms with Crippen LogP contribution in [0.1, 0.15) is 6.85 Å². The second-order valence-electron chi connectivity index (χ2n) is 12.4. The van der Waals surface area contributed by atoms with Crippen LogP contribution >= 0.6 is 0 Å². The highest BCUT2D eigenvalue weighted by atomic mass is 16.3. The van der Waals surface area contributed by atoms with Gasteiger partial charge in [-0.25, -0.2) is 15.0 Å². The molecule has 6 heteroatoms. The molecule has 0 saturated heterocycles. The van der Waals surface area contributed by atoms with Crippen LogP contribution in [0.2, 0.25) is 0 Å². The molecular weight excluding hydrogens is 629 g/mol. The maximum Gasteiger partial charge on any atom is 0.164 e. The summed E-state index contributed by atoms with van der Waals surface area (Å²) in [7, 11) is 0. The predicted molar refractivity (Wildman–Crippen MR) is 205 cm³/mol. The van der Waals surface area contributed by atoms with Gasteiger partial charge in [-0.2, -0.15) is 0 Å². The number of hydrogen-bond donors (Lipinski definition) is 0.